The molecule has 0 aliphatic rings. The molecule has 0 bridgehead atoms. The number of nitrogens with one attached hydrogen (secondary N) is 1. The first kappa shape index (κ1) is 19.4. The lowest BCUT2D eigenvalue weighted by Crippen LogP contribution is -2.53. The average molecular weight is 287 g/mol. The largest absolute Gasteiger partial charge is 0.465 e. The second-order valence-electron chi connectivity index (χ2n) is 5.77. The number of esters is 1. The van der Waals surface area contributed by atoms with Crippen LogP contribution in [0.15, 0.2) is 0 Å². The van der Waals surface area contributed by atoms with Gasteiger partial charge in [0, 0.05) is 19.3 Å². The molecule has 20 heavy (non-hydrogen) atoms. The summed E-state index contributed by atoms with van der Waals surface area (Å²) in [5, 5.41) is 3.30. The zero-order valence-corrected chi connectivity index (χ0v) is 14.0. The van der Waals surface area contributed by atoms with Crippen LogP contribution in [0.2, 0.25) is 0 Å². The fourth-order valence-electron chi connectivity index (χ4n) is 2.17. The number of carbonyl (C=O) groups excluding carboxylic acids is 1. The summed E-state index contributed by atoms with van der Waals surface area (Å²) in [5.74, 6) is -0.191. The van der Waals surface area contributed by atoms with Crippen molar-refractivity contribution in [3.8, 4) is 0 Å². The van der Waals surface area contributed by atoms with Gasteiger partial charge < -0.3 is 9.47 Å². The van der Waals surface area contributed by atoms with Gasteiger partial charge in [0.15, 0.2) is 0 Å². The third kappa shape index (κ3) is 8.54. The van der Waals surface area contributed by atoms with E-state index >= 15 is 0 Å². The Labute approximate surface area is 124 Å². The second kappa shape index (κ2) is 11.1. The molecule has 0 saturated carbocycles. The highest BCUT2D eigenvalue weighted by Crippen LogP contribution is 2.14. The van der Waals surface area contributed by atoms with Gasteiger partial charge in [-0.05, 0) is 40.5 Å². The SMILES string of the molecule is CCCCCCOCCC(C)(NC(C)C)C(=O)OCC. The number of hydrogen-bond acceptors (Lipinski definition) is 4. The van der Waals surface area contributed by atoms with Crippen molar-refractivity contribution in [1.82, 2.24) is 5.32 Å². The Kier molecular flexibility index (Phi) is 10.8. The van der Waals surface area contributed by atoms with Crippen LogP contribution >= 0.6 is 0 Å². The van der Waals surface area contributed by atoms with E-state index in [1.807, 2.05) is 27.7 Å². The molecule has 0 heterocycles. The fourth-order valence-corrected chi connectivity index (χ4v) is 2.17. The molecule has 0 aromatic rings. The molecule has 1 unspecified atom stereocenters. The number of rotatable bonds is 12. The summed E-state index contributed by atoms with van der Waals surface area (Å²) in [5.41, 5.74) is -0.659. The number of carbonyl (C=O) groups is 1. The van der Waals surface area contributed by atoms with Crippen molar-refractivity contribution in [3.63, 3.8) is 0 Å². The Morgan fingerprint density at radius 3 is 2.40 bits per heavy atom. The predicted molar refractivity (Wildman–Crippen MR) is 82.9 cm³/mol. The van der Waals surface area contributed by atoms with E-state index in [2.05, 4.69) is 12.2 Å². The Morgan fingerprint density at radius 2 is 1.85 bits per heavy atom. The maximum atomic E-state index is 12.1. The first-order valence-corrected chi connectivity index (χ1v) is 7.99. The molecule has 0 fully saturated rings. The third-order valence-electron chi connectivity index (χ3n) is 3.22. The molecule has 0 aromatic heterocycles. The molecule has 120 valence electrons. The quantitative estimate of drug-likeness (QED) is 0.442. The first-order chi connectivity index (χ1) is 9.46. The van der Waals surface area contributed by atoms with Crippen LogP contribution in [0.25, 0.3) is 0 Å². The lowest BCUT2D eigenvalue weighted by molar-refractivity contribution is -0.151. The molecule has 4 heteroatoms. The Balaban J connectivity index is 4.07. The van der Waals surface area contributed by atoms with Crippen LogP contribution in [-0.4, -0.2) is 37.4 Å². The van der Waals surface area contributed by atoms with Gasteiger partial charge in [-0.15, -0.1) is 0 Å². The lowest BCUT2D eigenvalue weighted by atomic mass is 9.97. The minimum absolute atomic E-state index is 0.191. The monoisotopic (exact) mass is 287 g/mol. The van der Waals surface area contributed by atoms with E-state index < -0.39 is 5.54 Å². The van der Waals surface area contributed by atoms with Crippen molar-refractivity contribution >= 4 is 5.97 Å². The van der Waals surface area contributed by atoms with E-state index in [9.17, 15) is 4.79 Å². The Bertz CT molecular complexity index is 256. The molecule has 1 atom stereocenters. The molecular formula is C16H33NO3. The molecular weight excluding hydrogens is 254 g/mol. The number of ether oxygens (including phenoxy) is 2. The van der Waals surface area contributed by atoms with Crippen molar-refractivity contribution in [3.05, 3.63) is 0 Å². The molecule has 4 nitrogen and oxygen atoms in total. The topological polar surface area (TPSA) is 47.6 Å². The number of unbranched alkanes of at least 4 members (excludes halogenated alkanes) is 3. The zero-order valence-electron chi connectivity index (χ0n) is 14.0. The van der Waals surface area contributed by atoms with Crippen molar-refractivity contribution in [2.45, 2.75) is 78.3 Å². The Morgan fingerprint density at radius 1 is 1.15 bits per heavy atom. The van der Waals surface area contributed by atoms with E-state index in [4.69, 9.17) is 9.47 Å². The summed E-state index contributed by atoms with van der Waals surface area (Å²) >= 11 is 0. The summed E-state index contributed by atoms with van der Waals surface area (Å²) < 4.78 is 10.8. The molecule has 0 rings (SSSR count). The first-order valence-electron chi connectivity index (χ1n) is 7.99. The van der Waals surface area contributed by atoms with Gasteiger partial charge >= 0.3 is 5.97 Å². The van der Waals surface area contributed by atoms with E-state index in [1.54, 1.807) is 0 Å². The standard InChI is InChI=1S/C16H33NO3/c1-6-8-9-10-12-19-13-11-16(5,17-14(3)4)15(18)20-7-2/h14,17H,6-13H2,1-5H3. The molecule has 0 aromatic carbocycles. The highest BCUT2D eigenvalue weighted by molar-refractivity contribution is 5.80. The molecule has 0 spiro atoms. The van der Waals surface area contributed by atoms with Crippen LogP contribution in [0.5, 0.6) is 0 Å². The number of hydrogen-bond donors (Lipinski definition) is 1. The molecule has 0 aliphatic heterocycles. The predicted octanol–water partition coefficient (Wildman–Crippen LogP) is 3.29. The van der Waals surface area contributed by atoms with Crippen molar-refractivity contribution < 1.29 is 14.3 Å². The molecule has 0 saturated heterocycles. The summed E-state index contributed by atoms with van der Waals surface area (Å²) in [4.78, 5) is 12.1. The van der Waals surface area contributed by atoms with Gasteiger partial charge in [-0.25, -0.2) is 0 Å². The minimum atomic E-state index is -0.659. The zero-order chi connectivity index (χ0) is 15.4. The second-order valence-corrected chi connectivity index (χ2v) is 5.77. The van der Waals surface area contributed by atoms with Gasteiger partial charge in [-0.1, -0.05) is 26.2 Å². The third-order valence-corrected chi connectivity index (χ3v) is 3.22. The van der Waals surface area contributed by atoms with Crippen LogP contribution < -0.4 is 5.32 Å². The van der Waals surface area contributed by atoms with Gasteiger partial charge in [-0.2, -0.15) is 0 Å². The van der Waals surface area contributed by atoms with Crippen LogP contribution in [0.3, 0.4) is 0 Å². The van der Waals surface area contributed by atoms with Crippen LogP contribution in [-0.2, 0) is 14.3 Å². The van der Waals surface area contributed by atoms with Crippen molar-refractivity contribution in [1.29, 1.82) is 0 Å². The normalized spacial score (nSPS) is 14.3. The molecule has 0 amide bonds. The van der Waals surface area contributed by atoms with Crippen molar-refractivity contribution in [2.24, 2.45) is 0 Å². The highest BCUT2D eigenvalue weighted by Gasteiger charge is 2.34. The van der Waals surface area contributed by atoms with E-state index in [-0.39, 0.29) is 12.0 Å². The van der Waals surface area contributed by atoms with Gasteiger partial charge in [0.25, 0.3) is 0 Å². The lowest BCUT2D eigenvalue weighted by Gasteiger charge is -2.30. The van der Waals surface area contributed by atoms with Crippen LogP contribution in [0.1, 0.15) is 66.7 Å². The van der Waals surface area contributed by atoms with Gasteiger partial charge in [0.2, 0.25) is 0 Å². The highest BCUT2D eigenvalue weighted by atomic mass is 16.5. The maximum Gasteiger partial charge on any atom is 0.326 e. The van der Waals surface area contributed by atoms with Crippen molar-refractivity contribution in [2.75, 3.05) is 19.8 Å². The summed E-state index contributed by atoms with van der Waals surface area (Å²) in [7, 11) is 0. The van der Waals surface area contributed by atoms with Gasteiger partial charge in [-0.3, -0.25) is 10.1 Å². The van der Waals surface area contributed by atoms with Gasteiger partial charge in [0.1, 0.15) is 5.54 Å². The fraction of sp³-hybridized carbons (Fsp3) is 0.938. The van der Waals surface area contributed by atoms with Crippen LogP contribution in [0, 0.1) is 0 Å². The Hall–Kier alpha value is -0.610. The average Bonchev–Trinajstić information content (AvgIpc) is 2.37. The minimum Gasteiger partial charge on any atom is -0.465 e. The molecule has 0 radical (unpaired) electrons. The smallest absolute Gasteiger partial charge is 0.326 e. The summed E-state index contributed by atoms with van der Waals surface area (Å²) in [6.45, 7) is 11.8. The van der Waals surface area contributed by atoms with E-state index in [1.165, 1.54) is 19.3 Å². The van der Waals surface area contributed by atoms with Gasteiger partial charge in [0.05, 0.1) is 6.61 Å². The van der Waals surface area contributed by atoms with Crippen LogP contribution in [0.4, 0.5) is 0 Å². The molecule has 0 aliphatic carbocycles. The maximum absolute atomic E-state index is 12.1. The summed E-state index contributed by atoms with van der Waals surface area (Å²) in [6, 6.07) is 0.231. The summed E-state index contributed by atoms with van der Waals surface area (Å²) in [6.07, 6.45) is 5.45. The van der Waals surface area contributed by atoms with E-state index in [0.717, 1.165) is 13.0 Å². The molecule has 1 N–H and O–H groups in total. The van der Waals surface area contributed by atoms with E-state index in [0.29, 0.717) is 19.6 Å².